The van der Waals surface area contributed by atoms with E-state index in [-0.39, 0.29) is 11.9 Å². The number of amides is 1. The molecule has 1 aromatic carbocycles. The summed E-state index contributed by atoms with van der Waals surface area (Å²) >= 11 is 6.12. The number of aromatic nitrogens is 2. The lowest BCUT2D eigenvalue weighted by molar-refractivity contribution is -0.121. The van der Waals surface area contributed by atoms with Crippen LogP contribution in [-0.2, 0) is 18.4 Å². The number of aryl methyl sites for hydroxylation is 1. The maximum Gasteiger partial charge on any atom is 0.221 e. The minimum atomic E-state index is 0.0389. The van der Waals surface area contributed by atoms with Gasteiger partial charge in [0.2, 0.25) is 5.91 Å². The topological polar surface area (TPSA) is 62.2 Å². The standard InChI is InChI=1S/C18H24ClN5O/c1-23-10-8-21-18(23)16-13-20-7-11-24(16)9-6-17(25)22-12-14-4-2-3-5-15(14)19/h2-5,8,10,16,20H,6-7,9,11-13H2,1H3,(H,22,25). The SMILES string of the molecule is Cn1ccnc1C1CNCCN1CCC(=O)NCc1ccccc1Cl. The monoisotopic (exact) mass is 361 g/mol. The first-order chi connectivity index (χ1) is 12.1. The molecule has 1 aliphatic rings. The van der Waals surface area contributed by atoms with Crippen molar-refractivity contribution in [2.24, 2.45) is 7.05 Å². The predicted octanol–water partition coefficient (Wildman–Crippen LogP) is 1.73. The van der Waals surface area contributed by atoms with Gasteiger partial charge in [-0.25, -0.2) is 4.98 Å². The Balaban J connectivity index is 1.52. The van der Waals surface area contributed by atoms with Crippen LogP contribution in [0.5, 0.6) is 0 Å². The lowest BCUT2D eigenvalue weighted by Gasteiger charge is -2.35. The zero-order valence-electron chi connectivity index (χ0n) is 14.4. The molecule has 1 atom stereocenters. The van der Waals surface area contributed by atoms with Gasteiger partial charge in [-0.15, -0.1) is 0 Å². The lowest BCUT2D eigenvalue weighted by Crippen LogP contribution is -2.47. The Morgan fingerprint density at radius 2 is 2.28 bits per heavy atom. The normalized spacial score (nSPS) is 18.2. The Morgan fingerprint density at radius 1 is 1.44 bits per heavy atom. The fourth-order valence-corrected chi connectivity index (χ4v) is 3.34. The van der Waals surface area contributed by atoms with Crippen molar-refractivity contribution in [3.63, 3.8) is 0 Å². The van der Waals surface area contributed by atoms with E-state index in [9.17, 15) is 4.79 Å². The van der Waals surface area contributed by atoms with Crippen LogP contribution in [0.25, 0.3) is 0 Å². The third-order valence-electron chi connectivity index (χ3n) is 4.57. The highest BCUT2D eigenvalue weighted by atomic mass is 35.5. The van der Waals surface area contributed by atoms with Gasteiger partial charge in [0.1, 0.15) is 5.82 Å². The highest BCUT2D eigenvalue weighted by Crippen LogP contribution is 2.20. The van der Waals surface area contributed by atoms with Crippen molar-refractivity contribution >= 4 is 17.5 Å². The number of carbonyl (C=O) groups excluding carboxylic acids is 1. The van der Waals surface area contributed by atoms with Crippen molar-refractivity contribution in [1.82, 2.24) is 25.1 Å². The molecule has 1 amide bonds. The van der Waals surface area contributed by atoms with E-state index in [4.69, 9.17) is 11.6 Å². The van der Waals surface area contributed by atoms with E-state index in [2.05, 4.69) is 20.5 Å². The molecule has 0 aliphatic carbocycles. The van der Waals surface area contributed by atoms with Gasteiger partial charge < -0.3 is 15.2 Å². The number of nitrogens with zero attached hydrogens (tertiary/aromatic N) is 3. The van der Waals surface area contributed by atoms with Crippen LogP contribution >= 0.6 is 11.6 Å². The van der Waals surface area contributed by atoms with Crippen molar-refractivity contribution in [3.05, 3.63) is 53.1 Å². The van der Waals surface area contributed by atoms with Gasteiger partial charge in [-0.3, -0.25) is 9.69 Å². The summed E-state index contributed by atoms with van der Waals surface area (Å²) in [5.74, 6) is 1.07. The summed E-state index contributed by atoms with van der Waals surface area (Å²) in [5, 5.41) is 7.04. The van der Waals surface area contributed by atoms with E-state index in [1.807, 2.05) is 48.3 Å². The number of rotatable bonds is 6. The Kier molecular flexibility index (Phi) is 6.07. The van der Waals surface area contributed by atoms with Gasteiger partial charge in [0.05, 0.1) is 6.04 Å². The van der Waals surface area contributed by atoms with Gasteiger partial charge >= 0.3 is 0 Å². The largest absolute Gasteiger partial charge is 0.352 e. The van der Waals surface area contributed by atoms with E-state index in [0.29, 0.717) is 24.5 Å². The zero-order valence-corrected chi connectivity index (χ0v) is 15.2. The van der Waals surface area contributed by atoms with Crippen molar-refractivity contribution in [2.75, 3.05) is 26.2 Å². The summed E-state index contributed by atoms with van der Waals surface area (Å²) in [6.45, 7) is 3.87. The van der Waals surface area contributed by atoms with Gasteiger partial charge in [0.15, 0.2) is 0 Å². The molecule has 25 heavy (non-hydrogen) atoms. The average Bonchev–Trinajstić information content (AvgIpc) is 3.05. The second-order valence-electron chi connectivity index (χ2n) is 6.27. The van der Waals surface area contributed by atoms with E-state index in [1.165, 1.54) is 0 Å². The quantitative estimate of drug-likeness (QED) is 0.822. The average molecular weight is 362 g/mol. The van der Waals surface area contributed by atoms with Gasteiger partial charge in [0, 0.05) is 63.6 Å². The van der Waals surface area contributed by atoms with Crippen LogP contribution in [0.3, 0.4) is 0 Å². The molecule has 0 bridgehead atoms. The van der Waals surface area contributed by atoms with Crippen LogP contribution in [0.1, 0.15) is 23.9 Å². The van der Waals surface area contributed by atoms with E-state index in [0.717, 1.165) is 31.0 Å². The predicted molar refractivity (Wildman–Crippen MR) is 98.3 cm³/mol. The molecule has 1 saturated heterocycles. The molecule has 1 aliphatic heterocycles. The first-order valence-corrected chi connectivity index (χ1v) is 8.95. The number of hydrogen-bond donors (Lipinski definition) is 2. The third kappa shape index (κ3) is 4.60. The summed E-state index contributed by atoms with van der Waals surface area (Å²) in [6, 6.07) is 7.77. The second-order valence-corrected chi connectivity index (χ2v) is 6.68. The van der Waals surface area contributed by atoms with Gasteiger partial charge in [0.25, 0.3) is 0 Å². The maximum atomic E-state index is 12.2. The summed E-state index contributed by atoms with van der Waals surface area (Å²) in [7, 11) is 2.01. The number of piperazine rings is 1. The number of imidazole rings is 1. The fraction of sp³-hybridized carbons (Fsp3) is 0.444. The first-order valence-electron chi connectivity index (χ1n) is 8.57. The second kappa shape index (κ2) is 8.47. The molecule has 2 aromatic rings. The Bertz CT molecular complexity index is 717. The van der Waals surface area contributed by atoms with Gasteiger partial charge in [-0.2, -0.15) is 0 Å². The maximum absolute atomic E-state index is 12.2. The number of nitrogens with one attached hydrogen (secondary N) is 2. The van der Waals surface area contributed by atoms with Crippen molar-refractivity contribution in [1.29, 1.82) is 0 Å². The number of halogens is 1. The summed E-state index contributed by atoms with van der Waals surface area (Å²) in [4.78, 5) is 19.0. The molecule has 2 N–H and O–H groups in total. The van der Waals surface area contributed by atoms with Gasteiger partial charge in [-0.05, 0) is 11.6 Å². The molecule has 1 aromatic heterocycles. The molecule has 134 valence electrons. The molecule has 0 spiro atoms. The Labute approximate surface area is 153 Å². The van der Waals surface area contributed by atoms with Crippen molar-refractivity contribution in [3.8, 4) is 0 Å². The van der Waals surface area contributed by atoms with E-state index in [1.54, 1.807) is 0 Å². The van der Waals surface area contributed by atoms with Crippen LogP contribution < -0.4 is 10.6 Å². The highest BCUT2D eigenvalue weighted by molar-refractivity contribution is 6.31. The highest BCUT2D eigenvalue weighted by Gasteiger charge is 2.26. The third-order valence-corrected chi connectivity index (χ3v) is 4.94. The first kappa shape index (κ1) is 17.9. The number of hydrogen-bond acceptors (Lipinski definition) is 4. The van der Waals surface area contributed by atoms with Crippen LogP contribution in [0, 0.1) is 0 Å². The molecule has 3 rings (SSSR count). The van der Waals surface area contributed by atoms with Crippen LogP contribution in [0.2, 0.25) is 5.02 Å². The molecule has 2 heterocycles. The fourth-order valence-electron chi connectivity index (χ4n) is 3.14. The molecule has 0 saturated carbocycles. The molecular weight excluding hydrogens is 338 g/mol. The molecule has 1 unspecified atom stereocenters. The van der Waals surface area contributed by atoms with Crippen molar-refractivity contribution < 1.29 is 4.79 Å². The number of carbonyl (C=O) groups is 1. The van der Waals surface area contributed by atoms with Crippen LogP contribution in [0.4, 0.5) is 0 Å². The number of benzene rings is 1. The summed E-state index contributed by atoms with van der Waals surface area (Å²) in [5.41, 5.74) is 0.936. The van der Waals surface area contributed by atoms with E-state index < -0.39 is 0 Å². The molecule has 0 radical (unpaired) electrons. The Morgan fingerprint density at radius 3 is 3.04 bits per heavy atom. The van der Waals surface area contributed by atoms with Gasteiger partial charge in [-0.1, -0.05) is 29.8 Å². The molecule has 6 nitrogen and oxygen atoms in total. The summed E-state index contributed by atoms with van der Waals surface area (Å²) < 4.78 is 2.04. The minimum absolute atomic E-state index is 0.0389. The zero-order chi connectivity index (χ0) is 17.6. The van der Waals surface area contributed by atoms with Crippen LogP contribution in [-0.4, -0.2) is 46.5 Å². The molecular formula is C18H24ClN5O. The smallest absolute Gasteiger partial charge is 0.221 e. The van der Waals surface area contributed by atoms with Crippen molar-refractivity contribution in [2.45, 2.75) is 19.0 Å². The minimum Gasteiger partial charge on any atom is -0.352 e. The summed E-state index contributed by atoms with van der Waals surface area (Å²) in [6.07, 6.45) is 4.24. The van der Waals surface area contributed by atoms with Crippen LogP contribution in [0.15, 0.2) is 36.7 Å². The molecule has 7 heteroatoms. The lowest BCUT2D eigenvalue weighted by atomic mass is 10.1. The Hall–Kier alpha value is -1.89. The van der Waals surface area contributed by atoms with E-state index >= 15 is 0 Å². The molecule has 1 fully saturated rings.